The van der Waals surface area contributed by atoms with Crippen LogP contribution in [0.4, 0.5) is 17.6 Å². The van der Waals surface area contributed by atoms with E-state index in [2.05, 4.69) is 10.1 Å². The Morgan fingerprint density at radius 1 is 1.27 bits per heavy atom. The number of halogens is 4. The van der Waals surface area contributed by atoms with Crippen LogP contribution in [0.2, 0.25) is 0 Å². The number of rotatable bonds is 7. The molecule has 0 bridgehead atoms. The minimum atomic E-state index is -3.23. The minimum Gasteiger partial charge on any atom is -0.435 e. The van der Waals surface area contributed by atoms with E-state index >= 15 is 0 Å². The molecule has 1 unspecified atom stereocenters. The van der Waals surface area contributed by atoms with Crippen LogP contribution in [0.15, 0.2) is 12.1 Å². The Morgan fingerprint density at radius 3 is 2.27 bits per heavy atom. The van der Waals surface area contributed by atoms with E-state index in [1.807, 2.05) is 0 Å². The number of benzene rings is 1. The van der Waals surface area contributed by atoms with Gasteiger partial charge in [0.2, 0.25) is 0 Å². The molecule has 2 N–H and O–H groups in total. The van der Waals surface area contributed by atoms with E-state index in [1.54, 1.807) is 13.8 Å². The summed E-state index contributed by atoms with van der Waals surface area (Å²) in [5, 5.41) is 11.8. The Balaban J connectivity index is 2.73. The molecule has 1 amide bonds. The summed E-state index contributed by atoms with van der Waals surface area (Å²) in [5.74, 6) is -4.38. The van der Waals surface area contributed by atoms with Gasteiger partial charge in [-0.2, -0.15) is 8.78 Å². The van der Waals surface area contributed by atoms with E-state index in [1.165, 1.54) is 0 Å². The van der Waals surface area contributed by atoms with Gasteiger partial charge in [-0.05, 0) is 12.3 Å². The number of aliphatic hydroxyl groups is 1. The van der Waals surface area contributed by atoms with Gasteiger partial charge in [0.05, 0.1) is 6.10 Å². The standard InChI is InChI=1S/C14H17F4NO3/c1-7(2)11(20)3-4-19-13(21)12-9(15)5-8(6-10(12)16)22-14(17)18/h5-7,11,14,20H,3-4H2,1-2H3,(H,19,21). The highest BCUT2D eigenvalue weighted by molar-refractivity contribution is 5.94. The van der Waals surface area contributed by atoms with Gasteiger partial charge < -0.3 is 15.2 Å². The third-order valence-corrected chi connectivity index (χ3v) is 2.96. The molecule has 0 heterocycles. The highest BCUT2D eigenvalue weighted by atomic mass is 19.3. The maximum absolute atomic E-state index is 13.7. The quantitative estimate of drug-likeness (QED) is 0.759. The number of alkyl halides is 2. The van der Waals surface area contributed by atoms with Crippen molar-refractivity contribution in [1.82, 2.24) is 5.32 Å². The number of ether oxygens (including phenoxy) is 1. The molecule has 0 saturated carbocycles. The van der Waals surface area contributed by atoms with Gasteiger partial charge in [-0.15, -0.1) is 0 Å². The number of aliphatic hydroxyl groups excluding tert-OH is 1. The van der Waals surface area contributed by atoms with E-state index in [0.29, 0.717) is 12.1 Å². The number of hydrogen-bond donors (Lipinski definition) is 2. The zero-order valence-electron chi connectivity index (χ0n) is 12.1. The predicted octanol–water partition coefficient (Wildman–Crippen LogP) is 2.70. The molecule has 1 rings (SSSR count). The van der Waals surface area contributed by atoms with Gasteiger partial charge in [-0.1, -0.05) is 13.8 Å². The maximum Gasteiger partial charge on any atom is 0.387 e. The molecule has 1 aromatic rings. The van der Waals surface area contributed by atoms with E-state index in [9.17, 15) is 27.5 Å². The second kappa shape index (κ2) is 7.98. The summed E-state index contributed by atoms with van der Waals surface area (Å²) in [6.45, 7) is 0.365. The van der Waals surface area contributed by atoms with E-state index in [4.69, 9.17) is 0 Å². The van der Waals surface area contributed by atoms with Crippen molar-refractivity contribution in [2.24, 2.45) is 5.92 Å². The molecule has 1 aromatic carbocycles. The van der Waals surface area contributed by atoms with Crippen LogP contribution in [0.5, 0.6) is 5.75 Å². The summed E-state index contributed by atoms with van der Waals surface area (Å²) >= 11 is 0. The van der Waals surface area contributed by atoms with Crippen molar-refractivity contribution in [3.63, 3.8) is 0 Å². The zero-order valence-corrected chi connectivity index (χ0v) is 12.1. The molecule has 0 aromatic heterocycles. The van der Waals surface area contributed by atoms with Crippen LogP contribution in [0, 0.1) is 17.6 Å². The number of carbonyl (C=O) groups excluding carboxylic acids is 1. The molecule has 4 nitrogen and oxygen atoms in total. The lowest BCUT2D eigenvalue weighted by atomic mass is 10.0. The second-order valence-electron chi connectivity index (χ2n) is 5.00. The minimum absolute atomic E-state index is 0.0175. The number of carbonyl (C=O) groups is 1. The fraction of sp³-hybridized carbons (Fsp3) is 0.500. The summed E-state index contributed by atoms with van der Waals surface area (Å²) in [7, 11) is 0. The molecule has 0 aliphatic carbocycles. The first-order valence-electron chi connectivity index (χ1n) is 6.62. The molecule has 124 valence electrons. The number of hydrogen-bond acceptors (Lipinski definition) is 3. The Bertz CT molecular complexity index is 500. The van der Waals surface area contributed by atoms with Crippen LogP contribution in [0.3, 0.4) is 0 Å². The topological polar surface area (TPSA) is 58.6 Å². The van der Waals surface area contributed by atoms with E-state index in [0.717, 1.165) is 0 Å². The lowest BCUT2D eigenvalue weighted by molar-refractivity contribution is -0.0501. The molecule has 0 spiro atoms. The first kappa shape index (κ1) is 18.2. The zero-order chi connectivity index (χ0) is 16.9. The van der Waals surface area contributed by atoms with Crippen LogP contribution >= 0.6 is 0 Å². The molecule has 22 heavy (non-hydrogen) atoms. The molecule has 0 saturated heterocycles. The van der Waals surface area contributed by atoms with Gasteiger partial charge in [-0.25, -0.2) is 8.78 Å². The molecular weight excluding hydrogens is 306 g/mol. The Labute approximate surface area is 125 Å². The van der Waals surface area contributed by atoms with Gasteiger partial charge in [-0.3, -0.25) is 4.79 Å². The summed E-state index contributed by atoms with van der Waals surface area (Å²) < 4.78 is 55.1. The van der Waals surface area contributed by atoms with Crippen LogP contribution in [0.25, 0.3) is 0 Å². The lowest BCUT2D eigenvalue weighted by Crippen LogP contribution is -2.30. The second-order valence-corrected chi connectivity index (χ2v) is 5.00. The van der Waals surface area contributed by atoms with Gasteiger partial charge >= 0.3 is 6.61 Å². The van der Waals surface area contributed by atoms with Crippen molar-refractivity contribution in [3.8, 4) is 5.75 Å². The third-order valence-electron chi connectivity index (χ3n) is 2.96. The van der Waals surface area contributed by atoms with Crippen molar-refractivity contribution in [1.29, 1.82) is 0 Å². The average molecular weight is 323 g/mol. The highest BCUT2D eigenvalue weighted by Gasteiger charge is 2.20. The van der Waals surface area contributed by atoms with Gasteiger partial charge in [0.25, 0.3) is 5.91 Å². The fourth-order valence-corrected chi connectivity index (χ4v) is 1.69. The van der Waals surface area contributed by atoms with E-state index in [-0.39, 0.29) is 18.9 Å². The highest BCUT2D eigenvalue weighted by Crippen LogP contribution is 2.22. The first-order valence-corrected chi connectivity index (χ1v) is 6.62. The molecule has 0 aliphatic rings. The smallest absolute Gasteiger partial charge is 0.387 e. The third kappa shape index (κ3) is 5.18. The fourth-order valence-electron chi connectivity index (χ4n) is 1.69. The molecular formula is C14H17F4NO3. The summed E-state index contributed by atoms with van der Waals surface area (Å²) in [5.41, 5.74) is -0.888. The average Bonchev–Trinajstić information content (AvgIpc) is 2.36. The summed E-state index contributed by atoms with van der Waals surface area (Å²) in [4.78, 5) is 11.7. The van der Waals surface area contributed by atoms with Crippen LogP contribution in [-0.2, 0) is 0 Å². The number of amides is 1. The molecule has 0 radical (unpaired) electrons. The van der Waals surface area contributed by atoms with Crippen molar-refractivity contribution < 1.29 is 32.2 Å². The van der Waals surface area contributed by atoms with Crippen molar-refractivity contribution in [2.45, 2.75) is 33.0 Å². The van der Waals surface area contributed by atoms with Gasteiger partial charge in [0.15, 0.2) is 0 Å². The first-order chi connectivity index (χ1) is 10.2. The monoisotopic (exact) mass is 323 g/mol. The molecule has 8 heteroatoms. The van der Waals surface area contributed by atoms with Crippen LogP contribution in [-0.4, -0.2) is 30.3 Å². The molecule has 1 atom stereocenters. The summed E-state index contributed by atoms with van der Waals surface area (Å²) in [6, 6.07) is 1.01. The van der Waals surface area contributed by atoms with Crippen LogP contribution in [0.1, 0.15) is 30.6 Å². The summed E-state index contributed by atoms with van der Waals surface area (Å²) in [6.07, 6.45) is -0.434. The van der Waals surface area contributed by atoms with E-state index < -0.39 is 41.6 Å². The largest absolute Gasteiger partial charge is 0.435 e. The molecule has 0 fully saturated rings. The Morgan fingerprint density at radius 2 is 1.82 bits per heavy atom. The molecule has 0 aliphatic heterocycles. The maximum atomic E-state index is 13.7. The Hall–Kier alpha value is -1.83. The Kier molecular flexibility index (Phi) is 6.61. The van der Waals surface area contributed by atoms with Crippen molar-refractivity contribution in [3.05, 3.63) is 29.3 Å². The SMILES string of the molecule is CC(C)C(O)CCNC(=O)c1c(F)cc(OC(F)F)cc1F. The van der Waals surface area contributed by atoms with Gasteiger partial charge in [0.1, 0.15) is 22.9 Å². The van der Waals surface area contributed by atoms with Crippen molar-refractivity contribution >= 4 is 5.91 Å². The lowest BCUT2D eigenvalue weighted by Gasteiger charge is -2.15. The normalized spacial score (nSPS) is 12.6. The number of nitrogens with one attached hydrogen (secondary N) is 1. The predicted molar refractivity (Wildman–Crippen MR) is 70.8 cm³/mol. The van der Waals surface area contributed by atoms with Crippen molar-refractivity contribution in [2.75, 3.05) is 6.54 Å². The van der Waals surface area contributed by atoms with Gasteiger partial charge in [0, 0.05) is 18.7 Å². The van der Waals surface area contributed by atoms with Crippen LogP contribution < -0.4 is 10.1 Å².